The summed E-state index contributed by atoms with van der Waals surface area (Å²) < 4.78 is 11.2. The molecule has 2 aromatic rings. The van der Waals surface area contributed by atoms with Gasteiger partial charge in [0.2, 0.25) is 0 Å². The second kappa shape index (κ2) is 7.19. The van der Waals surface area contributed by atoms with Gasteiger partial charge in [0.25, 0.3) is 0 Å². The van der Waals surface area contributed by atoms with Gasteiger partial charge in [-0.3, -0.25) is 0 Å². The highest BCUT2D eigenvalue weighted by Crippen LogP contribution is 2.28. The Morgan fingerprint density at radius 2 is 1.58 bits per heavy atom. The van der Waals surface area contributed by atoms with Crippen LogP contribution in [0.4, 0.5) is 0 Å². The van der Waals surface area contributed by atoms with Crippen molar-refractivity contribution in [3.8, 4) is 11.5 Å². The molecule has 1 atom stereocenters. The molecule has 0 aromatic heterocycles. The average Bonchev–Trinajstić information content (AvgIpc) is 2.49. The Kier molecular flexibility index (Phi) is 5.28. The van der Waals surface area contributed by atoms with Gasteiger partial charge >= 0.3 is 0 Å². The van der Waals surface area contributed by atoms with Crippen molar-refractivity contribution >= 4 is 15.9 Å². The van der Waals surface area contributed by atoms with Crippen molar-refractivity contribution in [1.29, 1.82) is 0 Å². The van der Waals surface area contributed by atoms with E-state index in [4.69, 9.17) is 9.47 Å². The molecule has 0 heterocycles. The lowest BCUT2D eigenvalue weighted by Gasteiger charge is -2.17. The van der Waals surface area contributed by atoms with Crippen LogP contribution >= 0.6 is 15.9 Å². The highest BCUT2D eigenvalue weighted by Gasteiger charge is 2.12. The molecule has 0 saturated heterocycles. The number of hydrogen-bond donors (Lipinski definition) is 0. The Morgan fingerprint density at radius 1 is 0.947 bits per heavy atom. The lowest BCUT2D eigenvalue weighted by molar-refractivity contribution is 0.279. The van der Waals surface area contributed by atoms with Gasteiger partial charge in [-0.15, -0.1) is 0 Å². The van der Waals surface area contributed by atoms with Crippen molar-refractivity contribution in [3.05, 3.63) is 60.2 Å². The molecule has 0 N–H and O–H groups in total. The van der Waals surface area contributed by atoms with Gasteiger partial charge in [-0.05, 0) is 17.7 Å². The van der Waals surface area contributed by atoms with Crippen molar-refractivity contribution < 1.29 is 9.47 Å². The molecule has 2 nitrogen and oxygen atoms in total. The molecule has 1 unspecified atom stereocenters. The fourth-order valence-corrected chi connectivity index (χ4v) is 2.44. The fraction of sp³-hybridized carbons (Fsp3) is 0.250. The van der Waals surface area contributed by atoms with Crippen LogP contribution in [0.5, 0.6) is 11.5 Å². The first kappa shape index (κ1) is 13.9. The molecule has 0 saturated carbocycles. The highest BCUT2D eigenvalue weighted by atomic mass is 79.9. The fourth-order valence-electron chi connectivity index (χ4n) is 1.88. The van der Waals surface area contributed by atoms with Crippen LogP contribution in [-0.2, 0) is 0 Å². The van der Waals surface area contributed by atoms with Crippen molar-refractivity contribution in [2.24, 2.45) is 0 Å². The zero-order chi connectivity index (χ0) is 13.5. The van der Waals surface area contributed by atoms with E-state index in [-0.39, 0.29) is 0 Å². The minimum Gasteiger partial charge on any atom is -0.493 e. The molecule has 3 heteroatoms. The van der Waals surface area contributed by atoms with Gasteiger partial charge in [0.1, 0.15) is 0 Å². The first-order chi connectivity index (χ1) is 9.35. The molecule has 0 radical (unpaired) electrons. The smallest absolute Gasteiger partial charge is 0.161 e. The maximum atomic E-state index is 5.88. The number of para-hydroxylation sites is 2. The summed E-state index contributed by atoms with van der Waals surface area (Å²) in [7, 11) is 1.65. The van der Waals surface area contributed by atoms with Crippen LogP contribution in [0.3, 0.4) is 0 Å². The molecule has 2 aromatic carbocycles. The van der Waals surface area contributed by atoms with Crippen molar-refractivity contribution in [3.63, 3.8) is 0 Å². The summed E-state index contributed by atoms with van der Waals surface area (Å²) in [6.45, 7) is 0.621. The zero-order valence-electron chi connectivity index (χ0n) is 10.9. The van der Waals surface area contributed by atoms with Crippen LogP contribution < -0.4 is 9.47 Å². The summed E-state index contributed by atoms with van der Waals surface area (Å²) in [6.07, 6.45) is 0. The second-order valence-electron chi connectivity index (χ2n) is 4.22. The van der Waals surface area contributed by atoms with Crippen LogP contribution in [0.1, 0.15) is 11.5 Å². The molecule has 100 valence electrons. The van der Waals surface area contributed by atoms with Crippen LogP contribution in [0.2, 0.25) is 0 Å². The Balaban J connectivity index is 2.04. The van der Waals surface area contributed by atoms with E-state index in [1.54, 1.807) is 7.11 Å². The van der Waals surface area contributed by atoms with Crippen molar-refractivity contribution in [2.75, 3.05) is 19.0 Å². The number of rotatable bonds is 6. The lowest BCUT2D eigenvalue weighted by atomic mass is 10.0. The minimum atomic E-state index is 0.325. The maximum Gasteiger partial charge on any atom is 0.161 e. The summed E-state index contributed by atoms with van der Waals surface area (Å²) in [5, 5.41) is 0.867. The third kappa shape index (κ3) is 3.74. The molecule has 0 aliphatic heterocycles. The average molecular weight is 321 g/mol. The quantitative estimate of drug-likeness (QED) is 0.741. The van der Waals surface area contributed by atoms with E-state index in [1.165, 1.54) is 5.56 Å². The standard InChI is InChI=1S/C16H17BrO2/c1-18-15-9-5-6-10-16(15)19-12-14(11-17)13-7-3-2-4-8-13/h2-10,14H,11-12H2,1H3. The topological polar surface area (TPSA) is 18.5 Å². The predicted octanol–water partition coefficient (Wildman–Crippen LogP) is 4.25. The number of ether oxygens (including phenoxy) is 2. The van der Waals surface area contributed by atoms with E-state index in [1.807, 2.05) is 42.5 Å². The molecular weight excluding hydrogens is 304 g/mol. The first-order valence-corrected chi connectivity index (χ1v) is 7.34. The summed E-state index contributed by atoms with van der Waals surface area (Å²) in [5.74, 6) is 1.88. The van der Waals surface area contributed by atoms with Crippen molar-refractivity contribution in [2.45, 2.75) is 5.92 Å². The third-order valence-corrected chi connectivity index (χ3v) is 3.75. The van der Waals surface area contributed by atoms with Crippen LogP contribution in [0.15, 0.2) is 54.6 Å². The third-order valence-electron chi connectivity index (χ3n) is 2.97. The van der Waals surface area contributed by atoms with E-state index >= 15 is 0 Å². The summed E-state index contributed by atoms with van der Waals surface area (Å²) in [5.41, 5.74) is 1.27. The summed E-state index contributed by atoms with van der Waals surface area (Å²) >= 11 is 3.55. The van der Waals surface area contributed by atoms with Gasteiger partial charge in [-0.1, -0.05) is 58.4 Å². The molecule has 0 aliphatic carbocycles. The first-order valence-electron chi connectivity index (χ1n) is 6.22. The van der Waals surface area contributed by atoms with Crippen LogP contribution in [-0.4, -0.2) is 19.0 Å². The zero-order valence-corrected chi connectivity index (χ0v) is 12.5. The Bertz CT molecular complexity index is 499. The molecule has 0 spiro atoms. The monoisotopic (exact) mass is 320 g/mol. The van der Waals surface area contributed by atoms with Crippen LogP contribution in [0.25, 0.3) is 0 Å². The van der Waals surface area contributed by atoms with Gasteiger partial charge in [-0.2, -0.15) is 0 Å². The molecule has 0 bridgehead atoms. The van der Waals surface area contributed by atoms with E-state index in [0.29, 0.717) is 12.5 Å². The van der Waals surface area contributed by atoms with E-state index in [9.17, 15) is 0 Å². The SMILES string of the molecule is COc1ccccc1OCC(CBr)c1ccccc1. The van der Waals surface area contributed by atoms with Gasteiger partial charge in [0.15, 0.2) is 11.5 Å². The van der Waals surface area contributed by atoms with Gasteiger partial charge in [-0.25, -0.2) is 0 Å². The number of alkyl halides is 1. The van der Waals surface area contributed by atoms with Crippen LogP contribution in [0, 0.1) is 0 Å². The van der Waals surface area contributed by atoms with E-state index < -0.39 is 0 Å². The summed E-state index contributed by atoms with van der Waals surface area (Å²) in [6, 6.07) is 18.1. The van der Waals surface area contributed by atoms with Gasteiger partial charge < -0.3 is 9.47 Å². The molecular formula is C16H17BrO2. The Morgan fingerprint density at radius 3 is 2.21 bits per heavy atom. The normalized spacial score (nSPS) is 11.9. The highest BCUT2D eigenvalue weighted by molar-refractivity contribution is 9.09. The van der Waals surface area contributed by atoms with E-state index in [0.717, 1.165) is 16.8 Å². The van der Waals surface area contributed by atoms with Crippen molar-refractivity contribution in [1.82, 2.24) is 0 Å². The van der Waals surface area contributed by atoms with E-state index in [2.05, 4.69) is 28.1 Å². The largest absolute Gasteiger partial charge is 0.493 e. The Labute approximate surface area is 122 Å². The molecule has 0 aliphatic rings. The Hall–Kier alpha value is -1.48. The molecule has 19 heavy (non-hydrogen) atoms. The molecule has 0 fully saturated rings. The molecule has 0 amide bonds. The number of halogens is 1. The predicted molar refractivity (Wildman–Crippen MR) is 81.5 cm³/mol. The lowest BCUT2D eigenvalue weighted by Crippen LogP contribution is -2.12. The second-order valence-corrected chi connectivity index (χ2v) is 4.87. The number of methoxy groups -OCH3 is 1. The maximum absolute atomic E-state index is 5.88. The number of benzene rings is 2. The van der Waals surface area contributed by atoms with Gasteiger partial charge in [0.05, 0.1) is 13.7 Å². The summed E-state index contributed by atoms with van der Waals surface area (Å²) in [4.78, 5) is 0. The minimum absolute atomic E-state index is 0.325. The number of hydrogen-bond acceptors (Lipinski definition) is 2. The molecule has 2 rings (SSSR count). The van der Waals surface area contributed by atoms with Gasteiger partial charge in [0, 0.05) is 11.2 Å².